The summed E-state index contributed by atoms with van der Waals surface area (Å²) in [6, 6.07) is 8.23. The van der Waals surface area contributed by atoms with E-state index in [4.69, 9.17) is 4.42 Å². The SMILES string of the molecule is CSc1nc2ccc(NCc3ccoc3)cc2s1. The number of thioether (sulfide) groups is 1. The van der Waals surface area contributed by atoms with Crippen LogP contribution < -0.4 is 5.32 Å². The van der Waals surface area contributed by atoms with Gasteiger partial charge in [0, 0.05) is 17.8 Å². The lowest BCUT2D eigenvalue weighted by Gasteiger charge is -2.03. The second-order valence-electron chi connectivity index (χ2n) is 3.85. The zero-order chi connectivity index (χ0) is 12.4. The van der Waals surface area contributed by atoms with Crippen LogP contribution >= 0.6 is 23.1 Å². The Morgan fingerprint density at radius 2 is 2.33 bits per heavy atom. The van der Waals surface area contributed by atoms with Gasteiger partial charge in [-0.05, 0) is 30.5 Å². The van der Waals surface area contributed by atoms with Crippen LogP contribution in [-0.2, 0) is 6.54 Å². The van der Waals surface area contributed by atoms with E-state index in [9.17, 15) is 0 Å². The molecule has 0 radical (unpaired) electrons. The fourth-order valence-electron chi connectivity index (χ4n) is 1.70. The molecule has 0 spiro atoms. The normalized spacial score (nSPS) is 10.9. The first-order valence-electron chi connectivity index (χ1n) is 5.55. The van der Waals surface area contributed by atoms with E-state index in [0.29, 0.717) is 0 Å². The van der Waals surface area contributed by atoms with Gasteiger partial charge >= 0.3 is 0 Å². The predicted molar refractivity (Wildman–Crippen MR) is 77.4 cm³/mol. The molecule has 2 heterocycles. The first-order valence-corrected chi connectivity index (χ1v) is 7.59. The first kappa shape index (κ1) is 11.6. The molecule has 1 N–H and O–H groups in total. The van der Waals surface area contributed by atoms with Gasteiger partial charge in [-0.25, -0.2) is 4.98 Å². The maximum atomic E-state index is 5.04. The van der Waals surface area contributed by atoms with Crippen molar-refractivity contribution in [3.63, 3.8) is 0 Å². The van der Waals surface area contributed by atoms with Gasteiger partial charge in [-0.15, -0.1) is 11.3 Å². The lowest BCUT2D eigenvalue weighted by Crippen LogP contribution is -1.97. The molecule has 0 aliphatic heterocycles. The molecule has 0 bridgehead atoms. The molecule has 3 nitrogen and oxygen atoms in total. The maximum absolute atomic E-state index is 5.04. The summed E-state index contributed by atoms with van der Waals surface area (Å²) in [6.45, 7) is 0.774. The summed E-state index contributed by atoms with van der Waals surface area (Å²) in [5.74, 6) is 0. The number of thiazole rings is 1. The number of rotatable bonds is 4. The zero-order valence-electron chi connectivity index (χ0n) is 9.84. The molecule has 92 valence electrons. The van der Waals surface area contributed by atoms with Crippen molar-refractivity contribution in [3.05, 3.63) is 42.4 Å². The number of anilines is 1. The number of benzene rings is 1. The summed E-state index contributed by atoms with van der Waals surface area (Å²) in [4.78, 5) is 4.52. The predicted octanol–water partition coefficient (Wildman–Crippen LogP) is 4.22. The van der Waals surface area contributed by atoms with Crippen LogP contribution in [0.3, 0.4) is 0 Å². The molecule has 0 saturated heterocycles. The van der Waals surface area contributed by atoms with Crippen LogP contribution in [-0.4, -0.2) is 11.2 Å². The summed E-state index contributed by atoms with van der Waals surface area (Å²) in [5.41, 5.74) is 3.32. The van der Waals surface area contributed by atoms with Crippen molar-refractivity contribution in [3.8, 4) is 0 Å². The second-order valence-corrected chi connectivity index (χ2v) is 5.94. The molecule has 1 aromatic carbocycles. The summed E-state index contributed by atoms with van der Waals surface area (Å²) < 4.78 is 7.37. The second kappa shape index (κ2) is 5.04. The number of nitrogens with one attached hydrogen (secondary N) is 1. The van der Waals surface area contributed by atoms with Crippen molar-refractivity contribution in [1.29, 1.82) is 0 Å². The van der Waals surface area contributed by atoms with Crippen LogP contribution in [0, 0.1) is 0 Å². The van der Waals surface area contributed by atoms with Crippen molar-refractivity contribution in [1.82, 2.24) is 4.98 Å². The minimum atomic E-state index is 0.774. The molecule has 0 unspecified atom stereocenters. The summed E-state index contributed by atoms with van der Waals surface area (Å²) in [6.07, 6.45) is 5.49. The highest BCUT2D eigenvalue weighted by Crippen LogP contribution is 2.30. The Morgan fingerprint density at radius 3 is 3.11 bits per heavy atom. The van der Waals surface area contributed by atoms with E-state index in [1.54, 1.807) is 35.6 Å². The van der Waals surface area contributed by atoms with Crippen molar-refractivity contribution in [2.24, 2.45) is 0 Å². The number of fused-ring (bicyclic) bond motifs is 1. The molecule has 18 heavy (non-hydrogen) atoms. The molecule has 3 aromatic rings. The van der Waals surface area contributed by atoms with E-state index in [2.05, 4.69) is 34.8 Å². The van der Waals surface area contributed by atoms with Crippen molar-refractivity contribution in [2.75, 3.05) is 11.6 Å². The van der Waals surface area contributed by atoms with Gasteiger partial charge in [0.05, 0.1) is 22.7 Å². The van der Waals surface area contributed by atoms with Gasteiger partial charge in [-0.2, -0.15) is 0 Å². The molecular formula is C13H12N2OS2. The Bertz CT molecular complexity index is 646. The molecule has 0 aliphatic rings. The standard InChI is InChI=1S/C13H12N2OS2/c1-17-13-15-11-3-2-10(6-12(11)18-13)14-7-9-4-5-16-8-9/h2-6,8,14H,7H2,1H3. The topological polar surface area (TPSA) is 38.1 Å². The van der Waals surface area contributed by atoms with Gasteiger partial charge in [0.2, 0.25) is 0 Å². The number of hydrogen-bond acceptors (Lipinski definition) is 5. The average molecular weight is 276 g/mol. The number of hydrogen-bond donors (Lipinski definition) is 1. The molecule has 0 fully saturated rings. The minimum Gasteiger partial charge on any atom is -0.472 e. The van der Waals surface area contributed by atoms with Crippen LogP contribution in [0.2, 0.25) is 0 Å². The third-order valence-corrected chi connectivity index (χ3v) is 4.62. The third kappa shape index (κ3) is 2.37. The summed E-state index contributed by atoms with van der Waals surface area (Å²) >= 11 is 3.41. The quantitative estimate of drug-likeness (QED) is 0.724. The fourth-order valence-corrected chi connectivity index (χ4v) is 3.23. The Balaban J connectivity index is 1.80. The highest BCUT2D eigenvalue weighted by molar-refractivity contribution is 8.00. The molecule has 0 aliphatic carbocycles. The highest BCUT2D eigenvalue weighted by Gasteiger charge is 2.03. The van der Waals surface area contributed by atoms with Crippen LogP contribution in [0.5, 0.6) is 0 Å². The Labute approximate surface area is 113 Å². The average Bonchev–Trinajstić information content (AvgIpc) is 3.04. The Hall–Kier alpha value is -1.46. The molecule has 0 saturated carbocycles. The molecule has 5 heteroatoms. The van der Waals surface area contributed by atoms with E-state index < -0.39 is 0 Å². The van der Waals surface area contributed by atoms with Crippen LogP contribution in [0.4, 0.5) is 5.69 Å². The van der Waals surface area contributed by atoms with E-state index in [1.165, 1.54) is 4.70 Å². The van der Waals surface area contributed by atoms with Crippen LogP contribution in [0.25, 0.3) is 10.2 Å². The molecule has 2 aromatic heterocycles. The first-order chi connectivity index (χ1) is 8.85. The van der Waals surface area contributed by atoms with Crippen LogP contribution in [0.1, 0.15) is 5.56 Å². The van der Waals surface area contributed by atoms with E-state index in [-0.39, 0.29) is 0 Å². The molecule has 0 atom stereocenters. The lowest BCUT2D eigenvalue weighted by atomic mass is 10.3. The highest BCUT2D eigenvalue weighted by atomic mass is 32.2. The Morgan fingerprint density at radius 1 is 1.39 bits per heavy atom. The van der Waals surface area contributed by atoms with Gasteiger partial charge < -0.3 is 9.73 Å². The Kier molecular flexibility index (Phi) is 3.25. The van der Waals surface area contributed by atoms with Crippen molar-refractivity contribution in [2.45, 2.75) is 10.9 Å². The van der Waals surface area contributed by atoms with Gasteiger partial charge in [0.25, 0.3) is 0 Å². The van der Waals surface area contributed by atoms with Gasteiger partial charge in [0.15, 0.2) is 4.34 Å². The number of furan rings is 1. The van der Waals surface area contributed by atoms with Gasteiger partial charge in [-0.1, -0.05) is 11.8 Å². The zero-order valence-corrected chi connectivity index (χ0v) is 11.5. The smallest absolute Gasteiger partial charge is 0.150 e. The van der Waals surface area contributed by atoms with E-state index >= 15 is 0 Å². The number of nitrogens with zero attached hydrogens (tertiary/aromatic N) is 1. The monoisotopic (exact) mass is 276 g/mol. The summed E-state index contributed by atoms with van der Waals surface area (Å²) in [5, 5.41) is 3.38. The largest absolute Gasteiger partial charge is 0.472 e. The van der Waals surface area contributed by atoms with Crippen molar-refractivity contribution >= 4 is 39.0 Å². The van der Waals surface area contributed by atoms with Crippen LogP contribution in [0.15, 0.2) is 45.5 Å². The molecule has 0 amide bonds. The van der Waals surface area contributed by atoms with Crippen molar-refractivity contribution < 1.29 is 4.42 Å². The maximum Gasteiger partial charge on any atom is 0.150 e. The fraction of sp³-hybridized carbons (Fsp3) is 0.154. The van der Waals surface area contributed by atoms with Gasteiger partial charge in [0.1, 0.15) is 0 Å². The molecule has 3 rings (SSSR count). The molecular weight excluding hydrogens is 264 g/mol. The third-order valence-electron chi connectivity index (χ3n) is 2.62. The van der Waals surface area contributed by atoms with E-state index in [1.807, 2.05) is 6.07 Å². The summed E-state index contributed by atoms with van der Waals surface area (Å²) in [7, 11) is 0. The van der Waals surface area contributed by atoms with E-state index in [0.717, 1.165) is 27.7 Å². The lowest BCUT2D eigenvalue weighted by molar-refractivity contribution is 0.564. The minimum absolute atomic E-state index is 0.774. The number of aromatic nitrogens is 1. The van der Waals surface area contributed by atoms with Gasteiger partial charge in [-0.3, -0.25) is 0 Å².